The molecule has 18 heavy (non-hydrogen) atoms. The van der Waals surface area contributed by atoms with Gasteiger partial charge in [0.25, 0.3) is 11.5 Å². The number of carbonyl (C=O) groups excluding carboxylic acids is 1. The van der Waals surface area contributed by atoms with Crippen LogP contribution in [0.15, 0.2) is 16.9 Å². The molecule has 0 radical (unpaired) electrons. The standard InChI is InChI=1S/C12H19N3O3/c1-3-7-15-11(17)6-5-10(14-15)12(18)13-9(4-2)8-16/h5-6,9,16H,3-4,7-8H2,1-2H3,(H,13,18)/t9-/m1/s1. The average Bonchev–Trinajstić information content (AvgIpc) is 2.38. The van der Waals surface area contributed by atoms with Crippen molar-refractivity contribution in [3.8, 4) is 0 Å². The summed E-state index contributed by atoms with van der Waals surface area (Å²) >= 11 is 0. The van der Waals surface area contributed by atoms with Gasteiger partial charge in [0.2, 0.25) is 0 Å². The summed E-state index contributed by atoms with van der Waals surface area (Å²) in [6, 6.07) is 2.44. The summed E-state index contributed by atoms with van der Waals surface area (Å²) in [5.74, 6) is -0.374. The first-order valence-corrected chi connectivity index (χ1v) is 6.12. The molecule has 1 amide bonds. The maximum atomic E-state index is 11.8. The molecule has 0 saturated heterocycles. The lowest BCUT2D eigenvalue weighted by Gasteiger charge is -2.13. The summed E-state index contributed by atoms with van der Waals surface area (Å²) in [5, 5.41) is 15.7. The van der Waals surface area contributed by atoms with E-state index < -0.39 is 0 Å². The normalized spacial score (nSPS) is 12.2. The molecule has 6 heteroatoms. The van der Waals surface area contributed by atoms with Crippen molar-refractivity contribution in [3.63, 3.8) is 0 Å². The largest absolute Gasteiger partial charge is 0.394 e. The van der Waals surface area contributed by atoms with Crippen LogP contribution in [-0.2, 0) is 6.54 Å². The SMILES string of the molecule is CCCn1nc(C(=O)N[C@H](CC)CO)ccc1=O. The average molecular weight is 253 g/mol. The first-order chi connectivity index (χ1) is 8.62. The van der Waals surface area contributed by atoms with E-state index in [1.807, 2.05) is 13.8 Å². The van der Waals surface area contributed by atoms with Crippen LogP contribution in [0.4, 0.5) is 0 Å². The fourth-order valence-corrected chi connectivity index (χ4v) is 1.48. The van der Waals surface area contributed by atoms with E-state index >= 15 is 0 Å². The third kappa shape index (κ3) is 3.66. The van der Waals surface area contributed by atoms with Gasteiger partial charge in [-0.25, -0.2) is 4.68 Å². The highest BCUT2D eigenvalue weighted by molar-refractivity contribution is 5.92. The van der Waals surface area contributed by atoms with E-state index in [-0.39, 0.29) is 29.8 Å². The van der Waals surface area contributed by atoms with Gasteiger partial charge in [0, 0.05) is 12.6 Å². The lowest BCUT2D eigenvalue weighted by molar-refractivity contribution is 0.0907. The van der Waals surface area contributed by atoms with Crippen molar-refractivity contribution in [1.29, 1.82) is 0 Å². The second kappa shape index (κ2) is 6.90. The number of amides is 1. The topological polar surface area (TPSA) is 84.2 Å². The molecule has 2 N–H and O–H groups in total. The predicted molar refractivity (Wildman–Crippen MR) is 67.4 cm³/mol. The third-order valence-electron chi connectivity index (χ3n) is 2.58. The van der Waals surface area contributed by atoms with Crippen LogP contribution in [0.1, 0.15) is 37.2 Å². The molecule has 0 fully saturated rings. The Hall–Kier alpha value is -1.69. The number of aliphatic hydroxyl groups excluding tert-OH is 1. The van der Waals surface area contributed by atoms with Crippen molar-refractivity contribution >= 4 is 5.91 Å². The minimum Gasteiger partial charge on any atom is -0.394 e. The lowest BCUT2D eigenvalue weighted by atomic mass is 10.2. The minimum atomic E-state index is -0.374. The lowest BCUT2D eigenvalue weighted by Crippen LogP contribution is -2.38. The van der Waals surface area contributed by atoms with Gasteiger partial charge in [0.15, 0.2) is 0 Å². The third-order valence-corrected chi connectivity index (χ3v) is 2.58. The van der Waals surface area contributed by atoms with Gasteiger partial charge < -0.3 is 10.4 Å². The smallest absolute Gasteiger partial charge is 0.272 e. The van der Waals surface area contributed by atoms with Crippen molar-refractivity contribution in [2.24, 2.45) is 0 Å². The van der Waals surface area contributed by atoms with Crippen molar-refractivity contribution in [3.05, 3.63) is 28.2 Å². The van der Waals surface area contributed by atoms with Crippen LogP contribution in [-0.4, -0.2) is 33.4 Å². The number of aliphatic hydroxyl groups is 1. The molecule has 0 aliphatic heterocycles. The summed E-state index contributed by atoms with van der Waals surface area (Å²) in [5.41, 5.74) is -0.0300. The number of rotatable bonds is 6. The first kappa shape index (κ1) is 14.4. The molecule has 1 heterocycles. The molecule has 1 rings (SSSR count). The van der Waals surface area contributed by atoms with E-state index in [1.165, 1.54) is 16.8 Å². The van der Waals surface area contributed by atoms with Crippen LogP contribution in [0.2, 0.25) is 0 Å². The number of nitrogens with zero attached hydrogens (tertiary/aromatic N) is 2. The molecule has 0 saturated carbocycles. The monoisotopic (exact) mass is 253 g/mol. The molecule has 0 aliphatic carbocycles. The van der Waals surface area contributed by atoms with Crippen LogP contribution in [0, 0.1) is 0 Å². The molecular formula is C12H19N3O3. The van der Waals surface area contributed by atoms with Gasteiger partial charge in [-0.05, 0) is 18.9 Å². The number of hydrogen-bond acceptors (Lipinski definition) is 4. The zero-order valence-corrected chi connectivity index (χ0v) is 10.7. The molecule has 1 atom stereocenters. The molecule has 0 aromatic carbocycles. The van der Waals surface area contributed by atoms with Gasteiger partial charge >= 0.3 is 0 Å². The van der Waals surface area contributed by atoms with E-state index in [9.17, 15) is 9.59 Å². The highest BCUT2D eigenvalue weighted by atomic mass is 16.3. The second-order valence-electron chi connectivity index (χ2n) is 4.04. The Morgan fingerprint density at radius 3 is 2.78 bits per heavy atom. The summed E-state index contributed by atoms with van der Waals surface area (Å²) < 4.78 is 1.27. The van der Waals surface area contributed by atoms with E-state index in [2.05, 4.69) is 10.4 Å². The van der Waals surface area contributed by atoms with E-state index in [0.29, 0.717) is 13.0 Å². The van der Waals surface area contributed by atoms with Crippen molar-refractivity contribution in [2.45, 2.75) is 39.3 Å². The quantitative estimate of drug-likeness (QED) is 0.756. The molecule has 1 aromatic rings. The molecule has 1 aromatic heterocycles. The van der Waals surface area contributed by atoms with Crippen molar-refractivity contribution in [2.75, 3.05) is 6.61 Å². The van der Waals surface area contributed by atoms with Crippen LogP contribution in [0.5, 0.6) is 0 Å². The van der Waals surface area contributed by atoms with Gasteiger partial charge in [0.1, 0.15) is 5.69 Å². The summed E-state index contributed by atoms with van der Waals surface area (Å²) in [6.07, 6.45) is 1.41. The van der Waals surface area contributed by atoms with Gasteiger partial charge in [0.05, 0.1) is 12.6 Å². The summed E-state index contributed by atoms with van der Waals surface area (Å²) in [7, 11) is 0. The Balaban J connectivity index is 2.86. The zero-order valence-electron chi connectivity index (χ0n) is 10.7. The Kier molecular flexibility index (Phi) is 5.51. The number of hydrogen-bond donors (Lipinski definition) is 2. The number of carbonyl (C=O) groups is 1. The number of nitrogens with one attached hydrogen (secondary N) is 1. The highest BCUT2D eigenvalue weighted by Crippen LogP contribution is 1.95. The van der Waals surface area contributed by atoms with Crippen molar-refractivity contribution < 1.29 is 9.90 Å². The van der Waals surface area contributed by atoms with E-state index in [4.69, 9.17) is 5.11 Å². The molecular weight excluding hydrogens is 234 g/mol. The van der Waals surface area contributed by atoms with Crippen LogP contribution in [0.25, 0.3) is 0 Å². The second-order valence-corrected chi connectivity index (χ2v) is 4.04. The molecule has 0 aliphatic rings. The van der Waals surface area contributed by atoms with Crippen LogP contribution < -0.4 is 10.9 Å². The Bertz CT molecular complexity index is 452. The predicted octanol–water partition coefficient (Wildman–Crippen LogP) is 0.154. The molecule has 6 nitrogen and oxygen atoms in total. The van der Waals surface area contributed by atoms with Crippen LogP contribution in [0.3, 0.4) is 0 Å². The van der Waals surface area contributed by atoms with Gasteiger partial charge in [-0.15, -0.1) is 0 Å². The van der Waals surface area contributed by atoms with E-state index in [0.717, 1.165) is 6.42 Å². The summed E-state index contributed by atoms with van der Waals surface area (Å²) in [6.45, 7) is 4.17. The minimum absolute atomic E-state index is 0.114. The number of aromatic nitrogens is 2. The molecule has 0 spiro atoms. The Morgan fingerprint density at radius 1 is 1.50 bits per heavy atom. The zero-order chi connectivity index (χ0) is 13.5. The van der Waals surface area contributed by atoms with Crippen LogP contribution >= 0.6 is 0 Å². The fraction of sp³-hybridized carbons (Fsp3) is 0.583. The summed E-state index contributed by atoms with van der Waals surface area (Å²) in [4.78, 5) is 23.3. The van der Waals surface area contributed by atoms with Crippen molar-refractivity contribution in [1.82, 2.24) is 15.1 Å². The Labute approximate surface area is 106 Å². The fourth-order valence-electron chi connectivity index (χ4n) is 1.48. The first-order valence-electron chi connectivity index (χ1n) is 6.12. The highest BCUT2D eigenvalue weighted by Gasteiger charge is 2.13. The molecule has 0 unspecified atom stereocenters. The van der Waals surface area contributed by atoms with Gasteiger partial charge in [-0.3, -0.25) is 9.59 Å². The van der Waals surface area contributed by atoms with Gasteiger partial charge in [-0.2, -0.15) is 5.10 Å². The Morgan fingerprint density at radius 2 is 2.22 bits per heavy atom. The number of aryl methyl sites for hydroxylation is 1. The maximum Gasteiger partial charge on any atom is 0.272 e. The molecule has 100 valence electrons. The molecule has 0 bridgehead atoms. The van der Waals surface area contributed by atoms with Gasteiger partial charge in [-0.1, -0.05) is 13.8 Å². The maximum absolute atomic E-state index is 11.8. The van der Waals surface area contributed by atoms with E-state index in [1.54, 1.807) is 0 Å².